The molecule has 0 aliphatic heterocycles. The summed E-state index contributed by atoms with van der Waals surface area (Å²) >= 11 is 1.86. The maximum absolute atomic E-state index is 3.49. The summed E-state index contributed by atoms with van der Waals surface area (Å²) in [5.74, 6) is 0. The second-order valence-corrected chi connectivity index (χ2v) is 4.61. The molecule has 3 heteroatoms. The van der Waals surface area contributed by atoms with Crippen LogP contribution < -0.4 is 10.6 Å². The lowest BCUT2D eigenvalue weighted by atomic mass is 10.2. The van der Waals surface area contributed by atoms with Crippen LogP contribution in [0.15, 0.2) is 11.4 Å². The summed E-state index contributed by atoms with van der Waals surface area (Å²) in [5.41, 5.74) is 1.50. The van der Waals surface area contributed by atoms with E-state index in [2.05, 4.69) is 35.9 Å². The predicted octanol–water partition coefficient (Wildman–Crippen LogP) is 2.40. The first-order valence-corrected chi connectivity index (χ1v) is 6.73. The van der Waals surface area contributed by atoms with Crippen LogP contribution in [0.2, 0.25) is 0 Å². The van der Waals surface area contributed by atoms with Crippen LogP contribution in [-0.4, -0.2) is 19.6 Å². The third-order valence-electron chi connectivity index (χ3n) is 2.46. The molecule has 0 radical (unpaired) electrons. The van der Waals surface area contributed by atoms with Crippen molar-refractivity contribution >= 4 is 11.3 Å². The first-order valence-electron chi connectivity index (χ1n) is 5.85. The maximum atomic E-state index is 3.49. The SMILES string of the molecule is CCNCCCNCc1sccc1CC. The molecule has 0 aliphatic carbocycles. The molecule has 1 heterocycles. The van der Waals surface area contributed by atoms with E-state index in [0.717, 1.165) is 32.6 Å². The highest BCUT2D eigenvalue weighted by Crippen LogP contribution is 2.16. The van der Waals surface area contributed by atoms with E-state index in [1.165, 1.54) is 16.9 Å². The smallest absolute Gasteiger partial charge is 0.0302 e. The van der Waals surface area contributed by atoms with Crippen molar-refractivity contribution in [1.82, 2.24) is 10.6 Å². The first-order chi connectivity index (χ1) is 7.38. The molecule has 0 saturated heterocycles. The first kappa shape index (κ1) is 12.7. The Labute approximate surface area is 97.1 Å². The monoisotopic (exact) mass is 226 g/mol. The third kappa shape index (κ3) is 4.78. The Bertz CT molecular complexity index is 258. The molecule has 0 aromatic carbocycles. The number of aryl methyl sites for hydroxylation is 1. The van der Waals surface area contributed by atoms with Gasteiger partial charge in [0.25, 0.3) is 0 Å². The van der Waals surface area contributed by atoms with Gasteiger partial charge in [0.1, 0.15) is 0 Å². The fourth-order valence-corrected chi connectivity index (χ4v) is 2.50. The van der Waals surface area contributed by atoms with Crippen LogP contribution in [0.4, 0.5) is 0 Å². The van der Waals surface area contributed by atoms with E-state index < -0.39 is 0 Å². The molecule has 15 heavy (non-hydrogen) atoms. The van der Waals surface area contributed by atoms with Gasteiger partial charge in [-0.2, -0.15) is 0 Å². The summed E-state index contributed by atoms with van der Waals surface area (Å²) in [6, 6.07) is 2.24. The second-order valence-electron chi connectivity index (χ2n) is 3.61. The molecule has 0 spiro atoms. The van der Waals surface area contributed by atoms with Crippen molar-refractivity contribution in [3.63, 3.8) is 0 Å². The van der Waals surface area contributed by atoms with Gasteiger partial charge in [-0.1, -0.05) is 13.8 Å². The van der Waals surface area contributed by atoms with Gasteiger partial charge in [0.2, 0.25) is 0 Å². The highest BCUT2D eigenvalue weighted by Gasteiger charge is 2.00. The highest BCUT2D eigenvalue weighted by molar-refractivity contribution is 7.10. The minimum Gasteiger partial charge on any atom is -0.317 e. The van der Waals surface area contributed by atoms with E-state index >= 15 is 0 Å². The standard InChI is InChI=1S/C12H22N2S/c1-3-11-6-9-15-12(11)10-14-8-5-7-13-4-2/h6,9,13-14H,3-5,7-8,10H2,1-2H3. The Morgan fingerprint density at radius 3 is 2.73 bits per heavy atom. The quantitative estimate of drug-likeness (QED) is 0.665. The number of thiophene rings is 1. The zero-order valence-corrected chi connectivity index (χ0v) is 10.6. The van der Waals surface area contributed by atoms with E-state index in [9.17, 15) is 0 Å². The van der Waals surface area contributed by atoms with Gasteiger partial charge in [-0.3, -0.25) is 0 Å². The lowest BCUT2D eigenvalue weighted by molar-refractivity contribution is 0.608. The number of hydrogen-bond acceptors (Lipinski definition) is 3. The van der Waals surface area contributed by atoms with E-state index in [1.54, 1.807) is 0 Å². The van der Waals surface area contributed by atoms with Crippen molar-refractivity contribution in [3.8, 4) is 0 Å². The summed E-state index contributed by atoms with van der Waals surface area (Å²) in [4.78, 5) is 1.50. The van der Waals surface area contributed by atoms with Crippen molar-refractivity contribution in [2.24, 2.45) is 0 Å². The molecule has 1 aromatic rings. The Hall–Kier alpha value is -0.380. The second kappa shape index (κ2) is 7.85. The topological polar surface area (TPSA) is 24.1 Å². The van der Waals surface area contributed by atoms with Crippen molar-refractivity contribution in [1.29, 1.82) is 0 Å². The zero-order chi connectivity index (χ0) is 10.9. The van der Waals surface area contributed by atoms with Crippen LogP contribution in [0.5, 0.6) is 0 Å². The molecule has 2 N–H and O–H groups in total. The lowest BCUT2D eigenvalue weighted by Crippen LogP contribution is -2.21. The molecular weight excluding hydrogens is 204 g/mol. The van der Waals surface area contributed by atoms with Crippen LogP contribution in [-0.2, 0) is 13.0 Å². The van der Waals surface area contributed by atoms with Gasteiger partial charge < -0.3 is 10.6 Å². The lowest BCUT2D eigenvalue weighted by Gasteiger charge is -2.05. The van der Waals surface area contributed by atoms with E-state index in [1.807, 2.05) is 11.3 Å². The van der Waals surface area contributed by atoms with Crippen LogP contribution in [0, 0.1) is 0 Å². The Balaban J connectivity index is 2.09. The van der Waals surface area contributed by atoms with Gasteiger partial charge in [0.15, 0.2) is 0 Å². The summed E-state index contributed by atoms with van der Waals surface area (Å²) in [7, 11) is 0. The molecule has 1 rings (SSSR count). The van der Waals surface area contributed by atoms with Crippen molar-refractivity contribution < 1.29 is 0 Å². The molecule has 0 fully saturated rings. The van der Waals surface area contributed by atoms with Gasteiger partial charge in [-0.15, -0.1) is 11.3 Å². The number of hydrogen-bond donors (Lipinski definition) is 2. The van der Waals surface area contributed by atoms with Crippen molar-refractivity contribution in [2.45, 2.75) is 33.2 Å². The minimum atomic E-state index is 1.03. The third-order valence-corrected chi connectivity index (χ3v) is 3.42. The minimum absolute atomic E-state index is 1.03. The van der Waals surface area contributed by atoms with E-state index in [4.69, 9.17) is 0 Å². The summed E-state index contributed by atoms with van der Waals surface area (Å²) in [6.07, 6.45) is 2.36. The summed E-state index contributed by atoms with van der Waals surface area (Å²) < 4.78 is 0. The van der Waals surface area contributed by atoms with Crippen LogP contribution in [0.3, 0.4) is 0 Å². The van der Waals surface area contributed by atoms with Gasteiger partial charge in [-0.25, -0.2) is 0 Å². The van der Waals surface area contributed by atoms with Crippen LogP contribution in [0.25, 0.3) is 0 Å². The largest absolute Gasteiger partial charge is 0.317 e. The number of nitrogens with one attached hydrogen (secondary N) is 2. The molecule has 86 valence electrons. The molecule has 0 bridgehead atoms. The molecular formula is C12H22N2S. The predicted molar refractivity (Wildman–Crippen MR) is 68.6 cm³/mol. The summed E-state index contributed by atoms with van der Waals surface area (Å²) in [5, 5.41) is 9.01. The molecule has 0 saturated carbocycles. The van der Waals surface area contributed by atoms with E-state index in [-0.39, 0.29) is 0 Å². The Morgan fingerprint density at radius 2 is 2.00 bits per heavy atom. The Morgan fingerprint density at radius 1 is 1.20 bits per heavy atom. The van der Waals surface area contributed by atoms with Gasteiger partial charge >= 0.3 is 0 Å². The molecule has 2 nitrogen and oxygen atoms in total. The van der Waals surface area contributed by atoms with Crippen molar-refractivity contribution in [3.05, 3.63) is 21.9 Å². The molecule has 0 atom stereocenters. The van der Waals surface area contributed by atoms with E-state index in [0.29, 0.717) is 0 Å². The number of rotatable bonds is 8. The Kier molecular flexibility index (Phi) is 6.64. The van der Waals surface area contributed by atoms with Gasteiger partial charge in [-0.05, 0) is 49.5 Å². The maximum Gasteiger partial charge on any atom is 0.0302 e. The molecule has 0 aliphatic rings. The molecule has 0 amide bonds. The van der Waals surface area contributed by atoms with Gasteiger partial charge in [0.05, 0.1) is 0 Å². The fourth-order valence-electron chi connectivity index (χ4n) is 1.55. The summed E-state index contributed by atoms with van der Waals surface area (Å²) in [6.45, 7) is 8.70. The molecule has 0 unspecified atom stereocenters. The van der Waals surface area contributed by atoms with Gasteiger partial charge in [0, 0.05) is 11.4 Å². The van der Waals surface area contributed by atoms with Crippen LogP contribution in [0.1, 0.15) is 30.7 Å². The highest BCUT2D eigenvalue weighted by atomic mass is 32.1. The normalized spacial score (nSPS) is 10.8. The zero-order valence-electron chi connectivity index (χ0n) is 9.81. The average Bonchev–Trinajstić information content (AvgIpc) is 2.70. The van der Waals surface area contributed by atoms with Crippen molar-refractivity contribution in [2.75, 3.05) is 19.6 Å². The van der Waals surface area contributed by atoms with Crippen LogP contribution >= 0.6 is 11.3 Å². The fraction of sp³-hybridized carbons (Fsp3) is 0.667. The molecule has 1 aromatic heterocycles. The average molecular weight is 226 g/mol.